The molecule has 25 heavy (non-hydrogen) atoms. The Kier molecular flexibility index (Phi) is 5.96. The highest BCUT2D eigenvalue weighted by molar-refractivity contribution is 6.12. The first-order chi connectivity index (χ1) is 12.3. The molecule has 0 atom stereocenters. The molecule has 0 saturated heterocycles. The van der Waals surface area contributed by atoms with Gasteiger partial charge >= 0.3 is 0 Å². The summed E-state index contributed by atoms with van der Waals surface area (Å²) < 4.78 is 0. The fourth-order valence-electron chi connectivity index (χ4n) is 2.50. The van der Waals surface area contributed by atoms with Crippen LogP contribution >= 0.6 is 0 Å². The van der Waals surface area contributed by atoms with Gasteiger partial charge < -0.3 is 5.11 Å². The van der Waals surface area contributed by atoms with Gasteiger partial charge in [-0.25, -0.2) is 0 Å². The predicted molar refractivity (Wildman–Crippen MR) is 99.7 cm³/mol. The number of aliphatic hydroxyl groups excluding tert-OH is 1. The van der Waals surface area contributed by atoms with E-state index in [-0.39, 0.29) is 0 Å². The van der Waals surface area contributed by atoms with Crippen LogP contribution in [0.15, 0.2) is 83.3 Å². The van der Waals surface area contributed by atoms with E-state index in [0.29, 0.717) is 0 Å². The summed E-state index contributed by atoms with van der Waals surface area (Å²) in [5.41, 5.74) is 3.72. The van der Waals surface area contributed by atoms with Crippen LogP contribution in [-0.4, -0.2) is 32.6 Å². The molecule has 0 radical (unpaired) electrons. The highest BCUT2D eigenvalue weighted by Gasteiger charge is 2.19. The predicted octanol–water partition coefficient (Wildman–Crippen LogP) is 3.13. The van der Waals surface area contributed by atoms with Crippen molar-refractivity contribution in [3.63, 3.8) is 0 Å². The maximum Gasteiger partial charge on any atom is 0.131 e. The maximum atomic E-state index is 9.71. The van der Waals surface area contributed by atoms with Crippen LogP contribution in [0.4, 0.5) is 0 Å². The molecule has 126 valence electrons. The van der Waals surface area contributed by atoms with E-state index in [0.717, 1.165) is 42.1 Å². The van der Waals surface area contributed by atoms with E-state index in [1.54, 1.807) is 24.8 Å². The topological polar surface area (TPSA) is 70.7 Å². The van der Waals surface area contributed by atoms with Crippen LogP contribution in [0.25, 0.3) is 0 Å². The van der Waals surface area contributed by atoms with Crippen molar-refractivity contribution in [1.82, 2.24) is 9.97 Å². The lowest BCUT2D eigenvalue weighted by molar-refractivity contribution is 0.303. The van der Waals surface area contributed by atoms with Crippen LogP contribution in [0.2, 0.25) is 0 Å². The van der Waals surface area contributed by atoms with Gasteiger partial charge in [-0.3, -0.25) is 20.0 Å². The standard InChI is InChI=1S/C11H10N2.C9H10N2O/c1-3-7-12-10(5-1)9-11-6-2-4-8-13-11;12-9(7-3-1-5-10-7)8-4-2-6-11-8/h1-8H,9H2;1-2,5-6,9,12H,3-4H2. The van der Waals surface area contributed by atoms with E-state index in [1.165, 1.54) is 0 Å². The SMILES string of the molecule is OC(C1=NC=CC1)C1=NC=CC1.c1ccc(Cc2ccccn2)nc1. The number of rotatable bonds is 4. The van der Waals surface area contributed by atoms with Gasteiger partial charge in [0.05, 0.1) is 11.4 Å². The third kappa shape index (κ3) is 5.02. The summed E-state index contributed by atoms with van der Waals surface area (Å²) in [5.74, 6) is 0. The van der Waals surface area contributed by atoms with Crippen LogP contribution in [-0.2, 0) is 6.42 Å². The van der Waals surface area contributed by atoms with Gasteiger partial charge in [0.1, 0.15) is 6.10 Å². The van der Waals surface area contributed by atoms with Crippen molar-refractivity contribution in [3.05, 3.63) is 84.7 Å². The Morgan fingerprint density at radius 1 is 0.800 bits per heavy atom. The van der Waals surface area contributed by atoms with Crippen molar-refractivity contribution in [2.75, 3.05) is 0 Å². The van der Waals surface area contributed by atoms with Crippen molar-refractivity contribution >= 4 is 11.4 Å². The zero-order valence-corrected chi connectivity index (χ0v) is 13.9. The molecule has 1 N–H and O–H groups in total. The average Bonchev–Trinajstić information content (AvgIpc) is 3.38. The van der Waals surface area contributed by atoms with E-state index < -0.39 is 6.10 Å². The lowest BCUT2D eigenvalue weighted by Gasteiger charge is -2.09. The lowest BCUT2D eigenvalue weighted by Crippen LogP contribution is -2.27. The highest BCUT2D eigenvalue weighted by Crippen LogP contribution is 2.11. The second-order valence-corrected chi connectivity index (χ2v) is 5.64. The summed E-state index contributed by atoms with van der Waals surface area (Å²) in [6, 6.07) is 11.8. The normalized spacial score (nSPS) is 15.0. The van der Waals surface area contributed by atoms with Crippen molar-refractivity contribution in [1.29, 1.82) is 0 Å². The molecule has 0 saturated carbocycles. The molecule has 2 aromatic rings. The number of nitrogens with zero attached hydrogens (tertiary/aromatic N) is 4. The molecule has 0 aliphatic carbocycles. The molecular formula is C20H20N4O. The molecule has 2 aromatic heterocycles. The minimum Gasteiger partial charge on any atom is -0.381 e. The van der Waals surface area contributed by atoms with Crippen molar-refractivity contribution in [3.8, 4) is 0 Å². The molecule has 5 nitrogen and oxygen atoms in total. The van der Waals surface area contributed by atoms with Crippen molar-refractivity contribution < 1.29 is 5.11 Å². The van der Waals surface area contributed by atoms with Crippen molar-refractivity contribution in [2.24, 2.45) is 9.98 Å². The Bertz CT molecular complexity index is 727. The fraction of sp³-hybridized carbons (Fsp3) is 0.200. The number of hydrogen-bond acceptors (Lipinski definition) is 5. The molecule has 2 aliphatic rings. The summed E-state index contributed by atoms with van der Waals surface area (Å²) in [4.78, 5) is 16.6. The Morgan fingerprint density at radius 3 is 1.68 bits per heavy atom. The van der Waals surface area contributed by atoms with Crippen LogP contribution in [0.1, 0.15) is 24.2 Å². The number of aliphatic hydroxyl groups is 1. The minimum absolute atomic E-state index is 0.574. The van der Waals surface area contributed by atoms with Gasteiger partial charge in [-0.1, -0.05) is 24.3 Å². The average molecular weight is 332 g/mol. The molecule has 0 fully saturated rings. The van der Waals surface area contributed by atoms with Gasteiger partial charge in [0.2, 0.25) is 0 Å². The number of aromatic nitrogens is 2. The second-order valence-electron chi connectivity index (χ2n) is 5.64. The van der Waals surface area contributed by atoms with Crippen LogP contribution in [0.3, 0.4) is 0 Å². The number of hydrogen-bond donors (Lipinski definition) is 1. The molecule has 4 rings (SSSR count). The first-order valence-corrected chi connectivity index (χ1v) is 8.24. The Hall–Kier alpha value is -2.92. The quantitative estimate of drug-likeness (QED) is 0.935. The van der Waals surface area contributed by atoms with E-state index in [1.807, 2.05) is 48.6 Å². The summed E-state index contributed by atoms with van der Waals surface area (Å²) in [5, 5.41) is 9.71. The summed E-state index contributed by atoms with van der Waals surface area (Å²) in [7, 11) is 0. The van der Waals surface area contributed by atoms with Gasteiger partial charge in [0.25, 0.3) is 0 Å². The smallest absolute Gasteiger partial charge is 0.131 e. The van der Waals surface area contributed by atoms with E-state index in [4.69, 9.17) is 0 Å². The third-order valence-electron chi connectivity index (χ3n) is 3.79. The monoisotopic (exact) mass is 332 g/mol. The van der Waals surface area contributed by atoms with E-state index in [2.05, 4.69) is 20.0 Å². The van der Waals surface area contributed by atoms with Crippen LogP contribution in [0.5, 0.6) is 0 Å². The van der Waals surface area contributed by atoms with Gasteiger partial charge in [-0.2, -0.15) is 0 Å². The van der Waals surface area contributed by atoms with Crippen LogP contribution in [0, 0.1) is 0 Å². The van der Waals surface area contributed by atoms with Crippen molar-refractivity contribution in [2.45, 2.75) is 25.4 Å². The summed E-state index contributed by atoms with van der Waals surface area (Å²) >= 11 is 0. The number of allylic oxidation sites excluding steroid dienone is 2. The molecule has 0 bridgehead atoms. The molecule has 0 unspecified atom stereocenters. The molecule has 5 heteroatoms. The van der Waals surface area contributed by atoms with Crippen LogP contribution < -0.4 is 0 Å². The first kappa shape index (κ1) is 16.9. The highest BCUT2D eigenvalue weighted by atomic mass is 16.3. The molecule has 0 amide bonds. The lowest BCUT2D eigenvalue weighted by atomic mass is 10.1. The maximum absolute atomic E-state index is 9.71. The zero-order valence-electron chi connectivity index (χ0n) is 13.9. The Morgan fingerprint density at radius 2 is 1.32 bits per heavy atom. The molecule has 2 aliphatic heterocycles. The Labute approximate surface area is 147 Å². The Balaban J connectivity index is 0.000000146. The summed E-state index contributed by atoms with van der Waals surface area (Å²) in [6.45, 7) is 0. The van der Waals surface area contributed by atoms with E-state index in [9.17, 15) is 5.11 Å². The van der Waals surface area contributed by atoms with Gasteiger partial charge in [0, 0.05) is 55.4 Å². The van der Waals surface area contributed by atoms with Gasteiger partial charge in [0.15, 0.2) is 0 Å². The minimum atomic E-state index is -0.574. The molecular weight excluding hydrogens is 312 g/mol. The fourth-order valence-corrected chi connectivity index (χ4v) is 2.50. The number of pyridine rings is 2. The van der Waals surface area contributed by atoms with Gasteiger partial charge in [-0.05, 0) is 24.3 Å². The number of aliphatic imine (C=N–C) groups is 2. The first-order valence-electron chi connectivity index (χ1n) is 8.24. The third-order valence-corrected chi connectivity index (χ3v) is 3.79. The summed E-state index contributed by atoms with van der Waals surface area (Å²) in [6.07, 6.45) is 12.7. The van der Waals surface area contributed by atoms with E-state index >= 15 is 0 Å². The zero-order chi connectivity index (χ0) is 17.3. The molecule has 4 heterocycles. The largest absolute Gasteiger partial charge is 0.381 e. The van der Waals surface area contributed by atoms with Gasteiger partial charge in [-0.15, -0.1) is 0 Å². The molecule has 0 spiro atoms. The second kappa shape index (κ2) is 8.80. The molecule has 0 aromatic carbocycles.